The Hall–Kier alpha value is -4.87. The van der Waals surface area contributed by atoms with Crippen molar-refractivity contribution in [3.63, 3.8) is 0 Å². The number of hydrogen-bond donors (Lipinski definition) is 2. The average Bonchev–Trinajstić information content (AvgIpc) is 3.01. The quantitative estimate of drug-likeness (QED) is 0.0873. The molecule has 12 heteroatoms. The van der Waals surface area contributed by atoms with Crippen LogP contribution in [0.25, 0.3) is 0 Å². The fourth-order valence-electron chi connectivity index (χ4n) is 3.84. The Bertz CT molecular complexity index is 1670. The predicted octanol–water partition coefficient (Wildman–Crippen LogP) is 6.36. The normalized spacial score (nSPS) is 10.6. The van der Waals surface area contributed by atoms with Crippen LogP contribution in [0.2, 0.25) is 5.02 Å². The molecule has 4 rings (SSSR count). The number of nitrogens with one attached hydrogen (secondary N) is 2. The highest BCUT2D eigenvalue weighted by atomic mass is 79.9. The SMILES string of the molecule is COc1cc(C(=O)Nc2cccc(C(=O)NN=Cc3cc(Br)ccc3OC(=O)c3ccc(Cl)cc3)c2)cc(OC)c1OC. The van der Waals surface area contributed by atoms with E-state index in [0.29, 0.717) is 43.6 Å². The van der Waals surface area contributed by atoms with E-state index < -0.39 is 17.8 Å². The Labute approximate surface area is 260 Å². The van der Waals surface area contributed by atoms with Crippen molar-refractivity contribution in [3.8, 4) is 23.0 Å². The Balaban J connectivity index is 1.45. The number of hydrazone groups is 1. The molecule has 0 radical (unpaired) electrons. The lowest BCUT2D eigenvalue weighted by molar-refractivity contribution is 0.0734. The van der Waals surface area contributed by atoms with Gasteiger partial charge in [0.25, 0.3) is 11.8 Å². The topological polar surface area (TPSA) is 125 Å². The number of rotatable bonds is 10. The van der Waals surface area contributed by atoms with Crippen LogP contribution in [0.4, 0.5) is 5.69 Å². The lowest BCUT2D eigenvalue weighted by atomic mass is 10.1. The van der Waals surface area contributed by atoms with Crippen LogP contribution < -0.4 is 29.7 Å². The van der Waals surface area contributed by atoms with Crippen molar-refractivity contribution < 1.29 is 33.3 Å². The van der Waals surface area contributed by atoms with Gasteiger partial charge in [0.1, 0.15) is 5.75 Å². The summed E-state index contributed by atoms with van der Waals surface area (Å²) in [6, 6.07) is 20.6. The minimum Gasteiger partial charge on any atom is -0.493 e. The molecule has 220 valence electrons. The van der Waals surface area contributed by atoms with Gasteiger partial charge in [-0.1, -0.05) is 33.6 Å². The van der Waals surface area contributed by atoms with Crippen LogP contribution in [0.1, 0.15) is 36.6 Å². The minimum absolute atomic E-state index is 0.234. The summed E-state index contributed by atoms with van der Waals surface area (Å²) in [5.74, 6) is -0.325. The van der Waals surface area contributed by atoms with Crippen molar-refractivity contribution in [3.05, 3.63) is 111 Å². The zero-order chi connectivity index (χ0) is 30.9. The van der Waals surface area contributed by atoms with E-state index in [1.807, 2.05) is 0 Å². The molecule has 0 aliphatic heterocycles. The summed E-state index contributed by atoms with van der Waals surface area (Å²) in [7, 11) is 4.37. The van der Waals surface area contributed by atoms with Gasteiger partial charge < -0.3 is 24.3 Å². The zero-order valence-corrected chi connectivity index (χ0v) is 25.5. The van der Waals surface area contributed by atoms with Crippen LogP contribution in [-0.2, 0) is 0 Å². The van der Waals surface area contributed by atoms with Crippen molar-refractivity contribution in [1.29, 1.82) is 0 Å². The number of halogens is 2. The van der Waals surface area contributed by atoms with Crippen molar-refractivity contribution in [1.82, 2.24) is 5.43 Å². The molecule has 0 bridgehead atoms. The second kappa shape index (κ2) is 14.3. The predicted molar refractivity (Wildman–Crippen MR) is 166 cm³/mol. The number of nitrogens with zero attached hydrogens (tertiary/aromatic N) is 1. The second-order valence-electron chi connectivity index (χ2n) is 8.73. The first-order valence-corrected chi connectivity index (χ1v) is 13.7. The molecule has 0 unspecified atom stereocenters. The molecular formula is C31H25BrClN3O7. The maximum absolute atomic E-state index is 13.0. The fourth-order valence-corrected chi connectivity index (χ4v) is 4.34. The molecule has 0 spiro atoms. The highest BCUT2D eigenvalue weighted by Crippen LogP contribution is 2.38. The van der Waals surface area contributed by atoms with Gasteiger partial charge in [-0.15, -0.1) is 0 Å². The largest absolute Gasteiger partial charge is 0.493 e. The number of esters is 1. The number of hydrogen-bond acceptors (Lipinski definition) is 8. The van der Waals surface area contributed by atoms with E-state index in [4.69, 9.17) is 30.5 Å². The highest BCUT2D eigenvalue weighted by Gasteiger charge is 2.18. The van der Waals surface area contributed by atoms with Gasteiger partial charge in [-0.25, -0.2) is 10.2 Å². The van der Waals surface area contributed by atoms with Crippen molar-refractivity contribution >= 4 is 57.2 Å². The Morgan fingerprint density at radius 3 is 2.12 bits per heavy atom. The molecule has 0 aliphatic carbocycles. The maximum atomic E-state index is 13.0. The standard InChI is InChI=1S/C31H25BrClN3O7/c1-40-26-15-20(16-27(41-2)28(26)42-3)29(37)35-24-6-4-5-19(14-24)30(38)36-34-17-21-13-22(32)9-12-25(21)43-31(39)18-7-10-23(33)11-8-18/h4-17H,1-3H3,(H,35,37)(H,36,38). The highest BCUT2D eigenvalue weighted by molar-refractivity contribution is 9.10. The molecule has 0 heterocycles. The van der Waals surface area contributed by atoms with E-state index in [0.717, 1.165) is 0 Å². The second-order valence-corrected chi connectivity index (χ2v) is 10.1. The van der Waals surface area contributed by atoms with Crippen LogP contribution in [0.15, 0.2) is 88.4 Å². The molecule has 10 nitrogen and oxygen atoms in total. The van der Waals surface area contributed by atoms with Gasteiger partial charge in [-0.2, -0.15) is 5.10 Å². The molecule has 0 aliphatic rings. The number of amides is 2. The fraction of sp³-hybridized carbons (Fsp3) is 0.0968. The molecule has 0 atom stereocenters. The number of methoxy groups -OCH3 is 3. The Morgan fingerprint density at radius 2 is 1.47 bits per heavy atom. The van der Waals surface area contributed by atoms with Gasteiger partial charge in [0.15, 0.2) is 11.5 Å². The van der Waals surface area contributed by atoms with Crippen molar-refractivity contribution in [2.45, 2.75) is 0 Å². The summed E-state index contributed by atoms with van der Waals surface area (Å²) in [6.45, 7) is 0. The minimum atomic E-state index is -0.580. The third-order valence-corrected chi connectivity index (χ3v) is 6.68. The number of anilines is 1. The first-order chi connectivity index (χ1) is 20.7. The summed E-state index contributed by atoms with van der Waals surface area (Å²) in [5.41, 5.74) is 4.07. The summed E-state index contributed by atoms with van der Waals surface area (Å²) >= 11 is 9.27. The van der Waals surface area contributed by atoms with Crippen LogP contribution in [-0.4, -0.2) is 45.3 Å². The molecule has 0 fully saturated rings. The summed E-state index contributed by atoms with van der Waals surface area (Å²) in [4.78, 5) is 38.4. The van der Waals surface area contributed by atoms with E-state index in [2.05, 4.69) is 31.8 Å². The van der Waals surface area contributed by atoms with E-state index in [1.54, 1.807) is 60.7 Å². The lowest BCUT2D eigenvalue weighted by Crippen LogP contribution is -2.18. The molecule has 0 saturated carbocycles. The van der Waals surface area contributed by atoms with E-state index >= 15 is 0 Å². The average molecular weight is 667 g/mol. The Morgan fingerprint density at radius 1 is 0.767 bits per heavy atom. The van der Waals surface area contributed by atoms with Crippen LogP contribution in [0, 0.1) is 0 Å². The van der Waals surface area contributed by atoms with E-state index in [1.165, 1.54) is 45.7 Å². The number of ether oxygens (including phenoxy) is 4. The first kappa shape index (κ1) is 31.1. The van der Waals surface area contributed by atoms with Gasteiger partial charge in [0.2, 0.25) is 5.75 Å². The van der Waals surface area contributed by atoms with Crippen LogP contribution >= 0.6 is 27.5 Å². The van der Waals surface area contributed by atoms with Gasteiger partial charge in [0.05, 0.1) is 33.1 Å². The number of benzene rings is 4. The lowest BCUT2D eigenvalue weighted by Gasteiger charge is -2.14. The molecular weight excluding hydrogens is 642 g/mol. The summed E-state index contributed by atoms with van der Waals surface area (Å²) in [5, 5.41) is 7.27. The zero-order valence-electron chi connectivity index (χ0n) is 23.1. The summed E-state index contributed by atoms with van der Waals surface area (Å²) in [6.07, 6.45) is 1.35. The van der Waals surface area contributed by atoms with Gasteiger partial charge in [-0.05, 0) is 72.8 Å². The maximum Gasteiger partial charge on any atom is 0.343 e. The number of carbonyl (C=O) groups excluding carboxylic acids is 3. The van der Waals surface area contributed by atoms with Crippen LogP contribution in [0.3, 0.4) is 0 Å². The monoisotopic (exact) mass is 665 g/mol. The van der Waals surface area contributed by atoms with Gasteiger partial charge in [0, 0.05) is 31.9 Å². The van der Waals surface area contributed by atoms with Gasteiger partial charge >= 0.3 is 5.97 Å². The van der Waals surface area contributed by atoms with Crippen molar-refractivity contribution in [2.75, 3.05) is 26.6 Å². The molecule has 4 aromatic carbocycles. The van der Waals surface area contributed by atoms with Gasteiger partial charge in [-0.3, -0.25) is 9.59 Å². The molecule has 2 N–H and O–H groups in total. The Kier molecular flexibility index (Phi) is 10.4. The molecule has 43 heavy (non-hydrogen) atoms. The van der Waals surface area contributed by atoms with Crippen LogP contribution in [0.5, 0.6) is 23.0 Å². The molecule has 0 aromatic heterocycles. The van der Waals surface area contributed by atoms with E-state index in [9.17, 15) is 14.4 Å². The molecule has 0 saturated heterocycles. The first-order valence-electron chi connectivity index (χ1n) is 12.5. The molecule has 4 aromatic rings. The molecule has 2 amide bonds. The smallest absolute Gasteiger partial charge is 0.343 e. The van der Waals surface area contributed by atoms with Crippen molar-refractivity contribution in [2.24, 2.45) is 5.10 Å². The van der Waals surface area contributed by atoms with E-state index in [-0.39, 0.29) is 16.9 Å². The number of carbonyl (C=O) groups is 3. The summed E-state index contributed by atoms with van der Waals surface area (Å²) < 4.78 is 22.2. The third kappa shape index (κ3) is 7.91. The third-order valence-electron chi connectivity index (χ3n) is 5.93.